The van der Waals surface area contributed by atoms with Gasteiger partial charge in [0.15, 0.2) is 11.8 Å². The van der Waals surface area contributed by atoms with Gasteiger partial charge >= 0.3 is 0 Å². The third-order valence-corrected chi connectivity index (χ3v) is 5.37. The van der Waals surface area contributed by atoms with Crippen LogP contribution < -0.4 is 15.4 Å². The Kier molecular flexibility index (Phi) is 7.71. The minimum Gasteiger partial charge on any atom is -0.490 e. The van der Waals surface area contributed by atoms with Gasteiger partial charge in [-0.05, 0) is 50.7 Å². The molecule has 0 saturated heterocycles. The van der Waals surface area contributed by atoms with Crippen molar-refractivity contribution in [3.05, 3.63) is 41.0 Å². The van der Waals surface area contributed by atoms with Crippen molar-refractivity contribution >= 4 is 5.96 Å². The standard InChI is InChI=1S/C23H36N6O/c1-16(2)12-18(4)30-20-13-17(3)9-10-19(20)14-25-23(24-5)26-15-22-28-27-21-8-6-7-11-29(21)22/h9-10,13,16,18H,6-8,11-12,14-15H2,1-5H3,(H2,24,25,26). The Hall–Kier alpha value is -2.57. The van der Waals surface area contributed by atoms with Crippen LogP contribution in [-0.2, 0) is 26.1 Å². The Morgan fingerprint density at radius 1 is 1.17 bits per heavy atom. The molecule has 7 heteroatoms. The molecule has 1 aliphatic rings. The molecule has 164 valence electrons. The lowest BCUT2D eigenvalue weighted by Gasteiger charge is -2.20. The molecule has 0 radical (unpaired) electrons. The average molecular weight is 413 g/mol. The SMILES string of the molecule is CN=C(NCc1ccc(C)cc1OC(C)CC(C)C)NCc1nnc2n1CCCC2. The predicted octanol–water partition coefficient (Wildman–Crippen LogP) is 3.60. The molecule has 1 aromatic heterocycles. The van der Waals surface area contributed by atoms with E-state index < -0.39 is 0 Å². The molecule has 2 N–H and O–H groups in total. The topological polar surface area (TPSA) is 76.4 Å². The average Bonchev–Trinajstić information content (AvgIpc) is 3.12. The Morgan fingerprint density at radius 2 is 1.97 bits per heavy atom. The summed E-state index contributed by atoms with van der Waals surface area (Å²) in [5, 5.41) is 15.4. The second-order valence-corrected chi connectivity index (χ2v) is 8.59. The normalized spacial score (nSPS) is 15.1. The number of aryl methyl sites for hydroxylation is 2. The number of nitrogens with zero attached hydrogens (tertiary/aromatic N) is 4. The van der Waals surface area contributed by atoms with E-state index in [1.54, 1.807) is 7.05 Å². The summed E-state index contributed by atoms with van der Waals surface area (Å²) >= 11 is 0. The molecule has 2 heterocycles. The van der Waals surface area contributed by atoms with Crippen molar-refractivity contribution in [2.45, 2.75) is 79.1 Å². The molecule has 30 heavy (non-hydrogen) atoms. The number of ether oxygens (including phenoxy) is 1. The minimum atomic E-state index is 0.183. The third-order valence-electron chi connectivity index (χ3n) is 5.37. The van der Waals surface area contributed by atoms with Gasteiger partial charge < -0.3 is 19.9 Å². The van der Waals surface area contributed by atoms with Gasteiger partial charge in [0.2, 0.25) is 0 Å². The molecule has 1 aromatic carbocycles. The number of aromatic nitrogens is 3. The molecule has 3 rings (SSSR count). The van der Waals surface area contributed by atoms with E-state index in [0.29, 0.717) is 19.0 Å². The fraction of sp³-hybridized carbons (Fsp3) is 0.609. The van der Waals surface area contributed by atoms with E-state index in [4.69, 9.17) is 4.74 Å². The largest absolute Gasteiger partial charge is 0.490 e. The highest BCUT2D eigenvalue weighted by molar-refractivity contribution is 5.79. The van der Waals surface area contributed by atoms with E-state index in [9.17, 15) is 0 Å². The Labute approximate surface area is 180 Å². The van der Waals surface area contributed by atoms with Gasteiger partial charge in [-0.25, -0.2) is 0 Å². The van der Waals surface area contributed by atoms with Crippen molar-refractivity contribution in [2.75, 3.05) is 7.05 Å². The van der Waals surface area contributed by atoms with Gasteiger partial charge in [0.25, 0.3) is 0 Å². The zero-order valence-electron chi connectivity index (χ0n) is 19.0. The van der Waals surface area contributed by atoms with Crippen LogP contribution in [-0.4, -0.2) is 33.9 Å². The molecule has 1 unspecified atom stereocenters. The summed E-state index contributed by atoms with van der Waals surface area (Å²) in [7, 11) is 1.78. The van der Waals surface area contributed by atoms with Gasteiger partial charge in [-0.2, -0.15) is 0 Å². The molecular weight excluding hydrogens is 376 g/mol. The summed E-state index contributed by atoms with van der Waals surface area (Å²) in [6.45, 7) is 10.9. The van der Waals surface area contributed by atoms with Crippen LogP contribution in [0.15, 0.2) is 23.2 Å². The molecule has 0 fully saturated rings. The van der Waals surface area contributed by atoms with Crippen LogP contribution in [0.25, 0.3) is 0 Å². The number of nitrogens with one attached hydrogen (secondary N) is 2. The minimum absolute atomic E-state index is 0.183. The first-order valence-corrected chi connectivity index (χ1v) is 11.1. The highest BCUT2D eigenvalue weighted by Gasteiger charge is 2.16. The maximum absolute atomic E-state index is 6.26. The van der Waals surface area contributed by atoms with Crippen LogP contribution in [0.4, 0.5) is 0 Å². The zero-order chi connectivity index (χ0) is 21.5. The van der Waals surface area contributed by atoms with Crippen molar-refractivity contribution in [1.82, 2.24) is 25.4 Å². The van der Waals surface area contributed by atoms with Gasteiger partial charge in [0.1, 0.15) is 11.6 Å². The van der Waals surface area contributed by atoms with Crippen molar-refractivity contribution in [2.24, 2.45) is 10.9 Å². The zero-order valence-corrected chi connectivity index (χ0v) is 19.0. The fourth-order valence-corrected chi connectivity index (χ4v) is 3.91. The van der Waals surface area contributed by atoms with E-state index in [-0.39, 0.29) is 6.10 Å². The lowest BCUT2D eigenvalue weighted by atomic mass is 10.1. The fourth-order valence-electron chi connectivity index (χ4n) is 3.91. The van der Waals surface area contributed by atoms with Gasteiger partial charge in [-0.1, -0.05) is 26.0 Å². The molecular formula is C23H36N6O. The lowest BCUT2D eigenvalue weighted by molar-refractivity contribution is 0.191. The third kappa shape index (κ3) is 5.97. The van der Waals surface area contributed by atoms with Gasteiger partial charge in [-0.3, -0.25) is 4.99 Å². The van der Waals surface area contributed by atoms with Crippen LogP contribution in [0, 0.1) is 12.8 Å². The Morgan fingerprint density at radius 3 is 2.73 bits per heavy atom. The molecule has 0 aliphatic carbocycles. The molecule has 0 saturated carbocycles. The highest BCUT2D eigenvalue weighted by Crippen LogP contribution is 2.23. The molecule has 1 aliphatic heterocycles. The van der Waals surface area contributed by atoms with E-state index in [0.717, 1.165) is 48.3 Å². The number of guanidine groups is 1. The van der Waals surface area contributed by atoms with Crippen LogP contribution in [0.3, 0.4) is 0 Å². The van der Waals surface area contributed by atoms with Crippen molar-refractivity contribution in [1.29, 1.82) is 0 Å². The molecule has 0 amide bonds. The number of fused-ring (bicyclic) bond motifs is 1. The summed E-state index contributed by atoms with van der Waals surface area (Å²) in [5.74, 6) is 4.35. The first-order valence-electron chi connectivity index (χ1n) is 11.1. The maximum Gasteiger partial charge on any atom is 0.191 e. The first kappa shape index (κ1) is 22.1. The summed E-state index contributed by atoms with van der Waals surface area (Å²) < 4.78 is 8.49. The smallest absolute Gasteiger partial charge is 0.191 e. The maximum atomic E-state index is 6.26. The Bertz CT molecular complexity index is 857. The molecule has 7 nitrogen and oxygen atoms in total. The summed E-state index contributed by atoms with van der Waals surface area (Å²) in [6, 6.07) is 6.37. The van der Waals surface area contributed by atoms with Crippen molar-refractivity contribution < 1.29 is 4.74 Å². The lowest BCUT2D eigenvalue weighted by Crippen LogP contribution is -2.37. The molecule has 2 aromatic rings. The van der Waals surface area contributed by atoms with Gasteiger partial charge in [0, 0.05) is 32.1 Å². The predicted molar refractivity (Wildman–Crippen MR) is 121 cm³/mol. The summed E-state index contributed by atoms with van der Waals surface area (Å²) in [4.78, 5) is 4.36. The second-order valence-electron chi connectivity index (χ2n) is 8.59. The highest BCUT2D eigenvalue weighted by atomic mass is 16.5. The Balaban J connectivity index is 1.59. The van der Waals surface area contributed by atoms with E-state index in [1.807, 2.05) is 0 Å². The monoisotopic (exact) mass is 412 g/mol. The molecule has 1 atom stereocenters. The number of aliphatic imine (C=N–C) groups is 1. The number of rotatable bonds is 8. The quantitative estimate of drug-likeness (QED) is 0.512. The number of benzene rings is 1. The van der Waals surface area contributed by atoms with Crippen LogP contribution >= 0.6 is 0 Å². The van der Waals surface area contributed by atoms with Gasteiger partial charge in [0.05, 0.1) is 12.6 Å². The van der Waals surface area contributed by atoms with Crippen LogP contribution in [0.2, 0.25) is 0 Å². The number of hydrogen-bond donors (Lipinski definition) is 2. The summed E-state index contributed by atoms with van der Waals surface area (Å²) in [6.07, 6.45) is 4.63. The van der Waals surface area contributed by atoms with E-state index in [1.165, 1.54) is 18.4 Å². The number of hydrogen-bond acceptors (Lipinski definition) is 4. The summed E-state index contributed by atoms with van der Waals surface area (Å²) in [5.41, 5.74) is 2.32. The first-order chi connectivity index (χ1) is 14.5. The van der Waals surface area contributed by atoms with Crippen LogP contribution in [0.1, 0.15) is 62.8 Å². The molecule has 0 bridgehead atoms. The van der Waals surface area contributed by atoms with E-state index in [2.05, 4.69) is 76.3 Å². The van der Waals surface area contributed by atoms with E-state index >= 15 is 0 Å². The van der Waals surface area contributed by atoms with Crippen molar-refractivity contribution in [3.8, 4) is 5.75 Å². The van der Waals surface area contributed by atoms with Crippen LogP contribution in [0.5, 0.6) is 5.75 Å². The van der Waals surface area contributed by atoms with Crippen molar-refractivity contribution in [3.63, 3.8) is 0 Å². The molecule has 0 spiro atoms. The second kappa shape index (κ2) is 10.5. The van der Waals surface area contributed by atoms with Gasteiger partial charge in [-0.15, -0.1) is 10.2 Å².